The van der Waals surface area contributed by atoms with Crippen molar-refractivity contribution < 1.29 is 15.0 Å². The number of carboxylic acid groups (broad SMARTS) is 1. The van der Waals surface area contributed by atoms with Crippen molar-refractivity contribution in [1.82, 2.24) is 5.32 Å². The molecule has 1 saturated carbocycles. The quantitative estimate of drug-likeness (QED) is 0.530. The van der Waals surface area contributed by atoms with E-state index < -0.39 is 17.5 Å². The molecule has 2 fully saturated rings. The van der Waals surface area contributed by atoms with E-state index in [2.05, 4.69) is 5.32 Å². The molecule has 3 N–H and O–H groups in total. The topological polar surface area (TPSA) is 69.6 Å². The first-order valence-corrected chi connectivity index (χ1v) is 4.79. The Labute approximate surface area is 76.9 Å². The lowest BCUT2D eigenvalue weighted by Gasteiger charge is -2.46. The van der Waals surface area contributed by atoms with Crippen LogP contribution in [0.15, 0.2) is 0 Å². The summed E-state index contributed by atoms with van der Waals surface area (Å²) in [5.74, 6) is -0.712. The lowest BCUT2D eigenvalue weighted by Crippen LogP contribution is -2.60. The van der Waals surface area contributed by atoms with Crippen molar-refractivity contribution in [1.29, 1.82) is 0 Å². The average Bonchev–Trinajstić information content (AvgIpc) is 2.03. The third-order valence-corrected chi connectivity index (χ3v) is 3.48. The lowest BCUT2D eigenvalue weighted by molar-refractivity contribution is -0.167. The molecule has 2 rings (SSSR count). The molecule has 0 aromatic carbocycles. The van der Waals surface area contributed by atoms with Crippen molar-refractivity contribution >= 4 is 5.97 Å². The molecule has 13 heavy (non-hydrogen) atoms. The Hall–Kier alpha value is -0.610. The number of carbonyl (C=O) groups is 1. The van der Waals surface area contributed by atoms with Crippen LogP contribution < -0.4 is 5.32 Å². The van der Waals surface area contributed by atoms with Crippen LogP contribution in [0.2, 0.25) is 0 Å². The molecule has 1 aliphatic carbocycles. The number of aliphatic hydroxyl groups is 1. The number of aliphatic carboxylic acids is 1. The molecule has 0 amide bonds. The Morgan fingerprint density at radius 3 is 2.92 bits per heavy atom. The number of carboxylic acids is 1. The molecule has 0 unspecified atom stereocenters. The van der Waals surface area contributed by atoms with Gasteiger partial charge in [-0.3, -0.25) is 4.79 Å². The van der Waals surface area contributed by atoms with Gasteiger partial charge in [0.25, 0.3) is 0 Å². The van der Waals surface area contributed by atoms with Gasteiger partial charge in [0, 0.05) is 13.1 Å². The fourth-order valence-electron chi connectivity index (χ4n) is 2.63. The molecule has 0 aromatic rings. The molecule has 0 spiro atoms. The Balaban J connectivity index is 2.28. The molecule has 0 aromatic heterocycles. The van der Waals surface area contributed by atoms with Gasteiger partial charge in [-0.1, -0.05) is 6.42 Å². The van der Waals surface area contributed by atoms with Crippen LogP contribution in [0.4, 0.5) is 0 Å². The molecule has 4 nitrogen and oxygen atoms in total. The van der Waals surface area contributed by atoms with Crippen LogP contribution in [-0.4, -0.2) is 35.4 Å². The van der Waals surface area contributed by atoms with Gasteiger partial charge in [0.1, 0.15) is 5.41 Å². The minimum atomic E-state index is -0.902. The summed E-state index contributed by atoms with van der Waals surface area (Å²) in [6, 6.07) is 0. The molecule has 2 aliphatic rings. The maximum absolute atomic E-state index is 11.1. The highest BCUT2D eigenvalue weighted by Crippen LogP contribution is 2.41. The van der Waals surface area contributed by atoms with Gasteiger partial charge >= 0.3 is 5.97 Å². The van der Waals surface area contributed by atoms with Crippen molar-refractivity contribution in [3.8, 4) is 0 Å². The molecule has 3 atom stereocenters. The van der Waals surface area contributed by atoms with Gasteiger partial charge in [0.05, 0.1) is 6.10 Å². The molecule has 1 saturated heterocycles. The standard InChI is InChI=1S/C9H15NO3/c11-7-6-2-1-3-9(7,8(12)13)5-10-4-6/h6-7,10-11H,1-5H2,(H,12,13)/t6-,7+,9-/m0/s1. The van der Waals surface area contributed by atoms with Gasteiger partial charge in [-0.2, -0.15) is 0 Å². The SMILES string of the molecule is O=C(O)[C@@]12CCC[C@@H](CNC1)[C@H]2O. The van der Waals surface area contributed by atoms with E-state index in [9.17, 15) is 9.90 Å². The van der Waals surface area contributed by atoms with E-state index in [1.54, 1.807) is 0 Å². The third kappa shape index (κ3) is 1.16. The summed E-state index contributed by atoms with van der Waals surface area (Å²) in [4.78, 5) is 11.1. The smallest absolute Gasteiger partial charge is 0.313 e. The predicted molar refractivity (Wildman–Crippen MR) is 46.3 cm³/mol. The highest BCUT2D eigenvalue weighted by molar-refractivity contribution is 5.76. The summed E-state index contributed by atoms with van der Waals surface area (Å²) in [5.41, 5.74) is -0.902. The summed E-state index contributed by atoms with van der Waals surface area (Å²) in [6.45, 7) is 1.18. The van der Waals surface area contributed by atoms with Gasteiger partial charge in [-0.25, -0.2) is 0 Å². The van der Waals surface area contributed by atoms with Crippen molar-refractivity contribution in [2.45, 2.75) is 25.4 Å². The summed E-state index contributed by atoms with van der Waals surface area (Å²) in [7, 11) is 0. The Morgan fingerprint density at radius 1 is 1.54 bits per heavy atom. The number of fused-ring (bicyclic) bond motifs is 2. The zero-order chi connectivity index (χ0) is 9.47. The van der Waals surface area contributed by atoms with E-state index in [1.807, 2.05) is 0 Å². The van der Waals surface area contributed by atoms with E-state index in [1.165, 1.54) is 0 Å². The van der Waals surface area contributed by atoms with Crippen molar-refractivity contribution in [3.63, 3.8) is 0 Å². The normalized spacial score (nSPS) is 44.4. The van der Waals surface area contributed by atoms with Crippen molar-refractivity contribution in [3.05, 3.63) is 0 Å². The summed E-state index contributed by atoms with van der Waals surface area (Å²) in [5, 5.41) is 22.1. The lowest BCUT2D eigenvalue weighted by atomic mass is 9.65. The maximum atomic E-state index is 11.1. The molecule has 2 bridgehead atoms. The summed E-state index contributed by atoms with van der Waals surface area (Å²) in [6.07, 6.45) is 1.83. The molecule has 1 aliphatic heterocycles. The Bertz CT molecular complexity index is 219. The van der Waals surface area contributed by atoms with Gasteiger partial charge in [0.2, 0.25) is 0 Å². The minimum Gasteiger partial charge on any atom is -0.481 e. The zero-order valence-corrected chi connectivity index (χ0v) is 7.49. The third-order valence-electron chi connectivity index (χ3n) is 3.48. The fraction of sp³-hybridized carbons (Fsp3) is 0.889. The number of hydrogen-bond donors (Lipinski definition) is 3. The molecule has 1 heterocycles. The molecule has 74 valence electrons. The van der Waals surface area contributed by atoms with Crippen LogP contribution >= 0.6 is 0 Å². The van der Waals surface area contributed by atoms with Crippen molar-refractivity contribution in [2.24, 2.45) is 11.3 Å². The van der Waals surface area contributed by atoms with Crippen LogP contribution in [0.3, 0.4) is 0 Å². The number of nitrogens with one attached hydrogen (secondary N) is 1. The second kappa shape index (κ2) is 2.96. The fourth-order valence-corrected chi connectivity index (χ4v) is 2.63. The number of piperidine rings is 1. The molecular formula is C9H15NO3. The first-order chi connectivity index (χ1) is 6.17. The number of hydrogen-bond acceptors (Lipinski definition) is 3. The predicted octanol–water partition coefficient (Wildman–Crippen LogP) is -0.178. The molecular weight excluding hydrogens is 170 g/mol. The number of aliphatic hydroxyl groups excluding tert-OH is 1. The monoisotopic (exact) mass is 185 g/mol. The summed E-state index contributed by atoms with van der Waals surface area (Å²) < 4.78 is 0. The summed E-state index contributed by atoms with van der Waals surface area (Å²) >= 11 is 0. The second-order valence-corrected chi connectivity index (χ2v) is 4.19. The Morgan fingerprint density at radius 2 is 2.31 bits per heavy atom. The van der Waals surface area contributed by atoms with E-state index in [4.69, 9.17) is 5.11 Å². The van der Waals surface area contributed by atoms with Crippen LogP contribution in [0.1, 0.15) is 19.3 Å². The second-order valence-electron chi connectivity index (χ2n) is 4.19. The van der Waals surface area contributed by atoms with Crippen LogP contribution in [0, 0.1) is 11.3 Å². The first-order valence-electron chi connectivity index (χ1n) is 4.79. The van der Waals surface area contributed by atoms with Crippen LogP contribution in [0.25, 0.3) is 0 Å². The minimum absolute atomic E-state index is 0.138. The maximum Gasteiger partial charge on any atom is 0.313 e. The molecule has 4 heteroatoms. The van der Waals surface area contributed by atoms with Crippen LogP contribution in [0.5, 0.6) is 0 Å². The Kier molecular flexibility index (Phi) is 2.04. The highest BCUT2D eigenvalue weighted by atomic mass is 16.4. The number of rotatable bonds is 1. The average molecular weight is 185 g/mol. The highest BCUT2D eigenvalue weighted by Gasteiger charge is 2.52. The van der Waals surface area contributed by atoms with Crippen LogP contribution in [-0.2, 0) is 4.79 Å². The first kappa shape index (κ1) is 8.97. The van der Waals surface area contributed by atoms with Gasteiger partial charge < -0.3 is 15.5 Å². The largest absolute Gasteiger partial charge is 0.481 e. The van der Waals surface area contributed by atoms with E-state index in [-0.39, 0.29) is 5.92 Å². The van der Waals surface area contributed by atoms with Gasteiger partial charge in [-0.05, 0) is 18.8 Å². The van der Waals surface area contributed by atoms with E-state index in [0.29, 0.717) is 13.0 Å². The van der Waals surface area contributed by atoms with Gasteiger partial charge in [0.15, 0.2) is 0 Å². The van der Waals surface area contributed by atoms with Gasteiger partial charge in [-0.15, -0.1) is 0 Å². The molecule has 0 radical (unpaired) electrons. The van der Waals surface area contributed by atoms with E-state index >= 15 is 0 Å². The van der Waals surface area contributed by atoms with E-state index in [0.717, 1.165) is 19.4 Å². The van der Waals surface area contributed by atoms with Crippen molar-refractivity contribution in [2.75, 3.05) is 13.1 Å². The zero-order valence-electron chi connectivity index (χ0n) is 7.49.